The highest BCUT2D eigenvalue weighted by atomic mass is 16.4. The molecule has 1 aromatic carbocycles. The fourth-order valence-corrected chi connectivity index (χ4v) is 2.69. The highest BCUT2D eigenvalue weighted by Crippen LogP contribution is 2.35. The van der Waals surface area contributed by atoms with Gasteiger partial charge in [-0.05, 0) is 24.3 Å². The molecule has 0 aliphatic heterocycles. The highest BCUT2D eigenvalue weighted by molar-refractivity contribution is 5.79. The zero-order valence-electron chi connectivity index (χ0n) is 10.1. The van der Waals surface area contributed by atoms with Gasteiger partial charge in [0, 0.05) is 6.54 Å². The number of hydrogen-bond acceptors (Lipinski definition) is 2. The van der Waals surface area contributed by atoms with Crippen LogP contribution < -0.4 is 5.32 Å². The Hall–Kier alpha value is -1.35. The summed E-state index contributed by atoms with van der Waals surface area (Å²) in [7, 11) is 0. The maximum Gasteiger partial charge on any atom is 0.324 e. The average Bonchev–Trinajstić information content (AvgIpc) is 2.71. The minimum absolute atomic E-state index is 0.198. The first-order chi connectivity index (χ1) is 8.15. The second kappa shape index (κ2) is 4.88. The molecule has 2 unspecified atom stereocenters. The number of aliphatic carboxylic acids is 1. The van der Waals surface area contributed by atoms with E-state index in [-0.39, 0.29) is 5.92 Å². The van der Waals surface area contributed by atoms with Crippen LogP contribution in [-0.2, 0) is 11.3 Å². The second-order valence-electron chi connectivity index (χ2n) is 4.91. The summed E-state index contributed by atoms with van der Waals surface area (Å²) >= 11 is 0. The Morgan fingerprint density at radius 1 is 1.47 bits per heavy atom. The van der Waals surface area contributed by atoms with Crippen molar-refractivity contribution in [1.82, 2.24) is 5.32 Å². The van der Waals surface area contributed by atoms with Gasteiger partial charge in [0.05, 0.1) is 0 Å². The van der Waals surface area contributed by atoms with Gasteiger partial charge in [-0.15, -0.1) is 0 Å². The van der Waals surface area contributed by atoms with Crippen molar-refractivity contribution in [3.63, 3.8) is 0 Å². The second-order valence-corrected chi connectivity index (χ2v) is 4.91. The number of nitrogens with one attached hydrogen (secondary N) is 1. The van der Waals surface area contributed by atoms with Crippen molar-refractivity contribution in [2.75, 3.05) is 0 Å². The standard InChI is InChI=1S/C14H19NO2/c1-11-6-5-9-14(11,13(16)17)15-10-12-7-3-2-4-8-12/h2-4,7-8,11,15H,5-6,9-10H2,1H3,(H,16,17). The van der Waals surface area contributed by atoms with Gasteiger partial charge < -0.3 is 5.11 Å². The van der Waals surface area contributed by atoms with Gasteiger partial charge in [0.15, 0.2) is 0 Å². The number of carbonyl (C=O) groups is 1. The summed E-state index contributed by atoms with van der Waals surface area (Å²) in [4.78, 5) is 11.5. The molecule has 1 aliphatic rings. The molecule has 1 saturated carbocycles. The topological polar surface area (TPSA) is 49.3 Å². The largest absolute Gasteiger partial charge is 0.480 e. The molecule has 0 radical (unpaired) electrons. The van der Waals surface area contributed by atoms with Crippen molar-refractivity contribution in [2.24, 2.45) is 5.92 Å². The van der Waals surface area contributed by atoms with Gasteiger partial charge in [0.2, 0.25) is 0 Å². The fourth-order valence-electron chi connectivity index (χ4n) is 2.69. The van der Waals surface area contributed by atoms with Gasteiger partial charge in [-0.3, -0.25) is 10.1 Å². The monoisotopic (exact) mass is 233 g/mol. The molecule has 0 saturated heterocycles. The summed E-state index contributed by atoms with van der Waals surface area (Å²) in [6.45, 7) is 2.65. The molecule has 1 aliphatic carbocycles. The van der Waals surface area contributed by atoms with Crippen LogP contribution in [-0.4, -0.2) is 16.6 Å². The first-order valence-corrected chi connectivity index (χ1v) is 6.17. The van der Waals surface area contributed by atoms with E-state index >= 15 is 0 Å². The number of rotatable bonds is 4. The van der Waals surface area contributed by atoms with Crippen molar-refractivity contribution in [2.45, 2.75) is 38.3 Å². The smallest absolute Gasteiger partial charge is 0.324 e. The Kier molecular flexibility index (Phi) is 3.48. The Morgan fingerprint density at radius 3 is 2.71 bits per heavy atom. The van der Waals surface area contributed by atoms with E-state index in [1.165, 1.54) is 0 Å². The lowest BCUT2D eigenvalue weighted by Gasteiger charge is -2.30. The molecule has 0 spiro atoms. The highest BCUT2D eigenvalue weighted by Gasteiger charge is 2.46. The maximum atomic E-state index is 11.5. The van der Waals surface area contributed by atoms with Gasteiger partial charge in [-0.25, -0.2) is 0 Å². The fraction of sp³-hybridized carbons (Fsp3) is 0.500. The van der Waals surface area contributed by atoms with E-state index in [1.54, 1.807) is 0 Å². The van der Waals surface area contributed by atoms with E-state index in [0.717, 1.165) is 24.8 Å². The summed E-state index contributed by atoms with van der Waals surface area (Å²) < 4.78 is 0. The molecule has 3 heteroatoms. The zero-order chi connectivity index (χ0) is 12.3. The van der Waals surface area contributed by atoms with Crippen LogP contribution >= 0.6 is 0 Å². The van der Waals surface area contributed by atoms with E-state index < -0.39 is 11.5 Å². The third-order valence-electron chi connectivity index (χ3n) is 3.88. The lowest BCUT2D eigenvalue weighted by Crippen LogP contribution is -2.53. The predicted molar refractivity (Wildman–Crippen MR) is 66.7 cm³/mol. The molecule has 1 fully saturated rings. The maximum absolute atomic E-state index is 11.5. The Labute approximate surface area is 102 Å². The van der Waals surface area contributed by atoms with Gasteiger partial charge in [-0.2, -0.15) is 0 Å². The molecule has 2 atom stereocenters. The Morgan fingerprint density at radius 2 is 2.18 bits per heavy atom. The molecule has 2 N–H and O–H groups in total. The lowest BCUT2D eigenvalue weighted by molar-refractivity contribution is -0.146. The summed E-state index contributed by atoms with van der Waals surface area (Å²) in [5.74, 6) is -0.512. The Balaban J connectivity index is 2.07. The first kappa shape index (κ1) is 12.1. The third-order valence-corrected chi connectivity index (χ3v) is 3.88. The molecule has 92 valence electrons. The third kappa shape index (κ3) is 2.34. The number of benzene rings is 1. The van der Waals surface area contributed by atoms with Crippen LogP contribution in [0.5, 0.6) is 0 Å². The van der Waals surface area contributed by atoms with Gasteiger partial charge in [0.1, 0.15) is 5.54 Å². The van der Waals surface area contributed by atoms with E-state index in [0.29, 0.717) is 6.54 Å². The van der Waals surface area contributed by atoms with Crippen molar-refractivity contribution >= 4 is 5.97 Å². The summed E-state index contributed by atoms with van der Waals surface area (Å²) in [5, 5.41) is 12.7. The molecule has 1 aromatic rings. The molecule has 0 heterocycles. The van der Waals surface area contributed by atoms with Crippen LogP contribution in [0.2, 0.25) is 0 Å². The van der Waals surface area contributed by atoms with Crippen LogP contribution in [0, 0.1) is 5.92 Å². The van der Waals surface area contributed by atoms with Crippen LogP contribution in [0.15, 0.2) is 30.3 Å². The van der Waals surface area contributed by atoms with Crippen LogP contribution in [0.25, 0.3) is 0 Å². The van der Waals surface area contributed by atoms with Crippen molar-refractivity contribution < 1.29 is 9.90 Å². The number of carboxylic acid groups (broad SMARTS) is 1. The van der Waals surface area contributed by atoms with Gasteiger partial charge in [0.25, 0.3) is 0 Å². The predicted octanol–water partition coefficient (Wildman–Crippen LogP) is 2.42. The minimum Gasteiger partial charge on any atom is -0.480 e. The molecule has 0 bridgehead atoms. The molecule has 2 rings (SSSR count). The molecular weight excluding hydrogens is 214 g/mol. The van der Waals surface area contributed by atoms with E-state index in [9.17, 15) is 9.90 Å². The molecule has 3 nitrogen and oxygen atoms in total. The zero-order valence-corrected chi connectivity index (χ0v) is 10.1. The lowest BCUT2D eigenvalue weighted by atomic mass is 9.88. The SMILES string of the molecule is CC1CCCC1(NCc1ccccc1)C(=O)O. The minimum atomic E-state index is -0.726. The van der Waals surface area contributed by atoms with Crippen LogP contribution in [0.1, 0.15) is 31.7 Å². The van der Waals surface area contributed by atoms with Crippen molar-refractivity contribution in [3.05, 3.63) is 35.9 Å². The van der Waals surface area contributed by atoms with E-state index in [2.05, 4.69) is 5.32 Å². The molecule has 17 heavy (non-hydrogen) atoms. The quantitative estimate of drug-likeness (QED) is 0.839. The van der Waals surface area contributed by atoms with Gasteiger partial charge in [-0.1, -0.05) is 43.7 Å². The van der Waals surface area contributed by atoms with Crippen molar-refractivity contribution in [3.8, 4) is 0 Å². The van der Waals surface area contributed by atoms with E-state index in [4.69, 9.17) is 0 Å². The molecule has 0 aromatic heterocycles. The molecule has 0 amide bonds. The van der Waals surface area contributed by atoms with Crippen LogP contribution in [0.4, 0.5) is 0 Å². The van der Waals surface area contributed by atoms with Crippen LogP contribution in [0.3, 0.4) is 0 Å². The average molecular weight is 233 g/mol. The summed E-state index contributed by atoms with van der Waals surface area (Å²) in [6.07, 6.45) is 2.72. The van der Waals surface area contributed by atoms with E-state index in [1.807, 2.05) is 37.3 Å². The first-order valence-electron chi connectivity index (χ1n) is 6.17. The van der Waals surface area contributed by atoms with Gasteiger partial charge >= 0.3 is 5.97 Å². The summed E-state index contributed by atoms with van der Waals surface area (Å²) in [5.41, 5.74) is 0.405. The number of carboxylic acids is 1. The normalized spacial score (nSPS) is 28.2. The number of hydrogen-bond donors (Lipinski definition) is 2. The molecular formula is C14H19NO2. The van der Waals surface area contributed by atoms with Crippen molar-refractivity contribution in [1.29, 1.82) is 0 Å². The summed E-state index contributed by atoms with van der Waals surface area (Å²) in [6, 6.07) is 9.95. The Bertz CT molecular complexity index is 390.